The third-order valence-corrected chi connectivity index (χ3v) is 4.30. The molecule has 0 aliphatic carbocycles. The van der Waals surface area contributed by atoms with Crippen LogP contribution in [-0.4, -0.2) is 13.0 Å². The summed E-state index contributed by atoms with van der Waals surface area (Å²) in [5.74, 6) is 0.822. The highest BCUT2D eigenvalue weighted by Crippen LogP contribution is 2.19. The molecule has 0 atom stereocenters. The van der Waals surface area contributed by atoms with Gasteiger partial charge in [-0.1, -0.05) is 12.1 Å². The summed E-state index contributed by atoms with van der Waals surface area (Å²) in [6, 6.07) is 9.54. The maximum atomic E-state index is 11.8. The van der Waals surface area contributed by atoms with Gasteiger partial charge in [0.2, 0.25) is 5.91 Å². The number of carbonyl (C=O) groups excluding carboxylic acids is 1. The van der Waals surface area contributed by atoms with Crippen LogP contribution in [0.1, 0.15) is 10.4 Å². The zero-order valence-electron chi connectivity index (χ0n) is 10.5. The Balaban J connectivity index is 1.83. The maximum Gasteiger partial charge on any atom is 0.224 e. The molecule has 0 saturated carbocycles. The van der Waals surface area contributed by atoms with Gasteiger partial charge in [-0.2, -0.15) is 0 Å². The Labute approximate surface area is 124 Å². The molecule has 0 unspecified atom stereocenters. The number of amides is 1. The highest BCUT2D eigenvalue weighted by atomic mass is 79.9. The van der Waals surface area contributed by atoms with Crippen LogP contribution in [0.15, 0.2) is 40.2 Å². The summed E-state index contributed by atoms with van der Waals surface area (Å²) in [4.78, 5) is 12.9. The summed E-state index contributed by atoms with van der Waals surface area (Å²) in [5.41, 5.74) is 0.977. The molecule has 0 bridgehead atoms. The summed E-state index contributed by atoms with van der Waals surface area (Å²) in [5, 5.41) is 4.91. The molecule has 1 N–H and O–H groups in total. The topological polar surface area (TPSA) is 38.3 Å². The Kier molecular flexibility index (Phi) is 4.99. The number of ether oxygens (including phenoxy) is 1. The number of methoxy groups -OCH3 is 1. The maximum absolute atomic E-state index is 11.8. The Morgan fingerprint density at radius 3 is 2.68 bits per heavy atom. The van der Waals surface area contributed by atoms with Crippen molar-refractivity contribution < 1.29 is 9.53 Å². The number of nitrogens with one attached hydrogen (secondary N) is 1. The van der Waals surface area contributed by atoms with Crippen LogP contribution in [-0.2, 0) is 17.8 Å². The van der Waals surface area contributed by atoms with Crippen LogP contribution in [0.3, 0.4) is 0 Å². The number of hydrogen-bond donors (Lipinski definition) is 1. The monoisotopic (exact) mass is 339 g/mol. The molecule has 1 aromatic heterocycles. The molecule has 3 nitrogen and oxygen atoms in total. The Bertz CT molecular complexity index is 551. The predicted molar refractivity (Wildman–Crippen MR) is 80.6 cm³/mol. The van der Waals surface area contributed by atoms with E-state index in [2.05, 4.69) is 21.2 Å². The number of hydrogen-bond acceptors (Lipinski definition) is 3. The normalized spacial score (nSPS) is 10.2. The average molecular weight is 340 g/mol. The van der Waals surface area contributed by atoms with Crippen LogP contribution < -0.4 is 10.1 Å². The summed E-state index contributed by atoms with van der Waals surface area (Å²) in [7, 11) is 1.63. The third kappa shape index (κ3) is 4.36. The number of benzene rings is 1. The second-order valence-corrected chi connectivity index (χ2v) is 5.94. The molecule has 0 fully saturated rings. The predicted octanol–water partition coefficient (Wildman–Crippen LogP) is 3.38. The van der Waals surface area contributed by atoms with Crippen molar-refractivity contribution in [1.29, 1.82) is 0 Å². The van der Waals surface area contributed by atoms with Crippen molar-refractivity contribution in [3.63, 3.8) is 0 Å². The molecule has 0 aliphatic heterocycles. The minimum absolute atomic E-state index is 0.0229. The molecule has 2 rings (SSSR count). The lowest BCUT2D eigenvalue weighted by atomic mass is 10.1. The van der Waals surface area contributed by atoms with Crippen LogP contribution in [0.4, 0.5) is 0 Å². The Morgan fingerprint density at radius 2 is 2.11 bits per heavy atom. The van der Waals surface area contributed by atoms with Crippen LogP contribution in [0.5, 0.6) is 5.75 Å². The van der Waals surface area contributed by atoms with Crippen molar-refractivity contribution in [2.45, 2.75) is 13.0 Å². The van der Waals surface area contributed by atoms with Gasteiger partial charge >= 0.3 is 0 Å². The first kappa shape index (κ1) is 14.1. The van der Waals surface area contributed by atoms with Gasteiger partial charge in [0.05, 0.1) is 20.1 Å². The standard InChI is InChI=1S/C14H14BrNO2S/c1-18-12-4-2-10(3-5-12)6-14(17)16-8-13-7-11(15)9-19-13/h2-5,7,9H,6,8H2,1H3,(H,16,17). The van der Waals surface area contributed by atoms with Crippen LogP contribution in [0, 0.1) is 0 Å². The lowest BCUT2D eigenvalue weighted by Gasteiger charge is -2.05. The van der Waals surface area contributed by atoms with Gasteiger partial charge in [0.1, 0.15) is 5.75 Å². The molecule has 0 aliphatic rings. The fraction of sp³-hybridized carbons (Fsp3) is 0.214. The van der Waals surface area contributed by atoms with E-state index in [0.29, 0.717) is 13.0 Å². The van der Waals surface area contributed by atoms with Crippen molar-refractivity contribution in [3.8, 4) is 5.75 Å². The SMILES string of the molecule is COc1ccc(CC(=O)NCc2cc(Br)cs2)cc1. The molecular formula is C14H14BrNO2S. The van der Waals surface area contributed by atoms with E-state index in [-0.39, 0.29) is 5.91 Å². The van der Waals surface area contributed by atoms with Gasteiger partial charge in [-0.15, -0.1) is 11.3 Å². The van der Waals surface area contributed by atoms with E-state index in [1.807, 2.05) is 35.7 Å². The van der Waals surface area contributed by atoms with E-state index >= 15 is 0 Å². The molecule has 5 heteroatoms. The zero-order valence-corrected chi connectivity index (χ0v) is 12.9. The lowest BCUT2D eigenvalue weighted by Crippen LogP contribution is -2.24. The Hall–Kier alpha value is -1.33. The molecule has 1 heterocycles. The number of halogens is 1. The van der Waals surface area contributed by atoms with E-state index < -0.39 is 0 Å². The molecule has 2 aromatic rings. The quantitative estimate of drug-likeness (QED) is 0.906. The molecule has 0 saturated heterocycles. The van der Waals surface area contributed by atoms with E-state index in [1.165, 1.54) is 0 Å². The van der Waals surface area contributed by atoms with Crippen LogP contribution in [0.25, 0.3) is 0 Å². The first-order valence-electron chi connectivity index (χ1n) is 5.80. The minimum Gasteiger partial charge on any atom is -0.497 e. The number of thiophene rings is 1. The van der Waals surface area contributed by atoms with E-state index in [4.69, 9.17) is 4.74 Å². The largest absolute Gasteiger partial charge is 0.497 e. The van der Waals surface area contributed by atoms with E-state index in [1.54, 1.807) is 18.4 Å². The smallest absolute Gasteiger partial charge is 0.224 e. The molecule has 1 amide bonds. The molecule has 19 heavy (non-hydrogen) atoms. The van der Waals surface area contributed by atoms with E-state index in [9.17, 15) is 4.79 Å². The second kappa shape index (κ2) is 6.73. The third-order valence-electron chi connectivity index (χ3n) is 2.61. The molecular weight excluding hydrogens is 326 g/mol. The summed E-state index contributed by atoms with van der Waals surface area (Å²) in [6.07, 6.45) is 0.385. The van der Waals surface area contributed by atoms with Gasteiger partial charge in [0.25, 0.3) is 0 Å². The second-order valence-electron chi connectivity index (χ2n) is 4.03. The van der Waals surface area contributed by atoms with Crippen LogP contribution >= 0.6 is 27.3 Å². The van der Waals surface area contributed by atoms with Gasteiger partial charge in [0.15, 0.2) is 0 Å². The summed E-state index contributed by atoms with van der Waals surface area (Å²) >= 11 is 5.02. The molecule has 0 spiro atoms. The van der Waals surface area contributed by atoms with Crippen molar-refractivity contribution in [3.05, 3.63) is 50.6 Å². The molecule has 1 aromatic carbocycles. The van der Waals surface area contributed by atoms with E-state index in [0.717, 1.165) is 20.7 Å². The Morgan fingerprint density at radius 1 is 1.37 bits per heavy atom. The summed E-state index contributed by atoms with van der Waals surface area (Å²) in [6.45, 7) is 0.575. The number of rotatable bonds is 5. The van der Waals surface area contributed by atoms with Crippen molar-refractivity contribution in [2.75, 3.05) is 7.11 Å². The fourth-order valence-electron chi connectivity index (χ4n) is 1.62. The van der Waals surface area contributed by atoms with Gasteiger partial charge in [-0.3, -0.25) is 4.79 Å². The van der Waals surface area contributed by atoms with Gasteiger partial charge in [-0.25, -0.2) is 0 Å². The van der Waals surface area contributed by atoms with Crippen LogP contribution in [0.2, 0.25) is 0 Å². The fourth-order valence-corrected chi connectivity index (χ4v) is 3.01. The number of carbonyl (C=O) groups is 1. The average Bonchev–Trinajstić information content (AvgIpc) is 2.83. The van der Waals surface area contributed by atoms with Gasteiger partial charge < -0.3 is 10.1 Å². The van der Waals surface area contributed by atoms with Crippen molar-refractivity contribution >= 4 is 33.2 Å². The van der Waals surface area contributed by atoms with Crippen molar-refractivity contribution in [2.24, 2.45) is 0 Å². The highest BCUT2D eigenvalue weighted by molar-refractivity contribution is 9.10. The first-order chi connectivity index (χ1) is 9.17. The lowest BCUT2D eigenvalue weighted by molar-refractivity contribution is -0.120. The van der Waals surface area contributed by atoms with Gasteiger partial charge in [0, 0.05) is 14.7 Å². The zero-order chi connectivity index (χ0) is 13.7. The highest BCUT2D eigenvalue weighted by Gasteiger charge is 2.04. The molecule has 0 radical (unpaired) electrons. The van der Waals surface area contributed by atoms with Crippen molar-refractivity contribution in [1.82, 2.24) is 5.32 Å². The minimum atomic E-state index is 0.0229. The first-order valence-corrected chi connectivity index (χ1v) is 7.47. The van der Waals surface area contributed by atoms with Gasteiger partial charge in [-0.05, 0) is 39.7 Å². The summed E-state index contributed by atoms with van der Waals surface area (Å²) < 4.78 is 6.13. The molecule has 100 valence electrons.